The first kappa shape index (κ1) is 21.7. The van der Waals surface area contributed by atoms with Gasteiger partial charge in [0.1, 0.15) is 0 Å². The second-order valence-corrected chi connectivity index (χ2v) is 6.73. The van der Waals surface area contributed by atoms with Gasteiger partial charge >= 0.3 is 0 Å². The lowest BCUT2D eigenvalue weighted by molar-refractivity contribution is -0.116. The van der Waals surface area contributed by atoms with Crippen molar-refractivity contribution in [1.29, 1.82) is 0 Å². The van der Waals surface area contributed by atoms with Crippen molar-refractivity contribution in [3.63, 3.8) is 0 Å². The summed E-state index contributed by atoms with van der Waals surface area (Å²) >= 11 is 0. The molecule has 0 unspecified atom stereocenters. The maximum atomic E-state index is 12.3. The fourth-order valence-electron chi connectivity index (χ4n) is 2.87. The molecule has 2 rings (SSSR count). The first-order chi connectivity index (χ1) is 13.5. The topological polar surface area (TPSA) is 102 Å². The number of aliphatic hydroxyl groups is 2. The number of anilines is 2. The van der Waals surface area contributed by atoms with Crippen molar-refractivity contribution in [2.24, 2.45) is 0 Å². The largest absolute Gasteiger partial charge is 0.396 e. The summed E-state index contributed by atoms with van der Waals surface area (Å²) in [6, 6.07) is 7.54. The molecule has 152 valence electrons. The Morgan fingerprint density at radius 3 is 2.21 bits per heavy atom. The van der Waals surface area contributed by atoms with Gasteiger partial charge in [-0.2, -0.15) is 0 Å². The van der Waals surface area contributed by atoms with E-state index in [1.807, 2.05) is 24.3 Å². The summed E-state index contributed by atoms with van der Waals surface area (Å²) < 4.78 is 0. The second-order valence-electron chi connectivity index (χ2n) is 6.73. The predicted molar refractivity (Wildman–Crippen MR) is 110 cm³/mol. The molecule has 0 aliphatic heterocycles. The molecule has 0 aromatic heterocycles. The van der Waals surface area contributed by atoms with Crippen molar-refractivity contribution in [3.05, 3.63) is 47.8 Å². The van der Waals surface area contributed by atoms with E-state index >= 15 is 0 Å². The third-order valence-electron chi connectivity index (χ3n) is 4.49. The minimum atomic E-state index is -0.274. The summed E-state index contributed by atoms with van der Waals surface area (Å²) in [4.78, 5) is 26.1. The van der Waals surface area contributed by atoms with E-state index < -0.39 is 0 Å². The molecule has 0 saturated heterocycles. The van der Waals surface area contributed by atoms with Crippen LogP contribution in [0.4, 0.5) is 11.4 Å². The Kier molecular flexibility index (Phi) is 8.71. The number of allylic oxidation sites excluding steroid dienone is 2. The molecule has 28 heavy (non-hydrogen) atoms. The number of hydrogen-bond acceptors (Lipinski definition) is 7. The number of benzene rings is 1. The van der Waals surface area contributed by atoms with Crippen molar-refractivity contribution in [2.75, 3.05) is 44.0 Å². The number of carbonyl (C=O) groups is 2. The van der Waals surface area contributed by atoms with Gasteiger partial charge in [0.25, 0.3) is 0 Å². The number of carbonyl (C=O) groups excluding carboxylic acids is 2. The van der Waals surface area contributed by atoms with Crippen molar-refractivity contribution in [2.45, 2.75) is 25.7 Å². The van der Waals surface area contributed by atoms with Crippen LogP contribution in [0.25, 0.3) is 0 Å². The van der Waals surface area contributed by atoms with Gasteiger partial charge in [0.2, 0.25) is 11.6 Å². The number of aliphatic hydroxyl groups excluding tert-OH is 2. The van der Waals surface area contributed by atoms with E-state index in [9.17, 15) is 9.59 Å². The van der Waals surface area contributed by atoms with E-state index in [2.05, 4.69) is 10.6 Å². The van der Waals surface area contributed by atoms with E-state index in [1.54, 1.807) is 11.9 Å². The highest BCUT2D eigenvalue weighted by molar-refractivity contribution is 6.20. The molecule has 0 heterocycles. The summed E-state index contributed by atoms with van der Waals surface area (Å²) in [7, 11) is 1.66. The maximum Gasteiger partial charge on any atom is 0.204 e. The first-order valence-electron chi connectivity index (χ1n) is 9.61. The first-order valence-corrected chi connectivity index (χ1v) is 9.61. The Morgan fingerprint density at radius 1 is 0.857 bits per heavy atom. The highest BCUT2D eigenvalue weighted by Gasteiger charge is 2.22. The van der Waals surface area contributed by atoms with Gasteiger partial charge in [-0.25, -0.2) is 0 Å². The van der Waals surface area contributed by atoms with Crippen molar-refractivity contribution in [3.8, 4) is 0 Å². The number of nitrogens with zero attached hydrogens (tertiary/aromatic N) is 1. The molecule has 0 radical (unpaired) electrons. The van der Waals surface area contributed by atoms with Crippen LogP contribution in [0.2, 0.25) is 0 Å². The average molecular weight is 387 g/mol. The number of unbranched alkanes of at least 4 members (excludes halogenated alkanes) is 3. The number of hydrogen-bond donors (Lipinski definition) is 4. The standard InChI is InChI=1S/C21H29N3O4/c1-24(11-13-26)19-15-20(27)18(14-21(19)28)23-17-8-6-16(7-9-17)22-10-4-2-3-5-12-25/h6-9,14-15,22-23,25-26H,2-5,10-13H2,1H3. The zero-order valence-electron chi connectivity index (χ0n) is 16.3. The Hall–Kier alpha value is -2.64. The zero-order valence-corrected chi connectivity index (χ0v) is 16.3. The number of rotatable bonds is 12. The fraction of sp³-hybridized carbons (Fsp3) is 0.429. The van der Waals surface area contributed by atoms with E-state index in [0.717, 1.165) is 43.6 Å². The SMILES string of the molecule is CN(CCO)C1=CC(=O)C(Nc2ccc(NCCCCCCO)cc2)=CC1=O. The molecule has 7 nitrogen and oxygen atoms in total. The maximum absolute atomic E-state index is 12.3. The summed E-state index contributed by atoms with van der Waals surface area (Å²) in [6.07, 6.45) is 6.61. The smallest absolute Gasteiger partial charge is 0.204 e. The normalized spacial score (nSPS) is 13.8. The van der Waals surface area contributed by atoms with E-state index in [-0.39, 0.29) is 42.7 Å². The second kappa shape index (κ2) is 11.3. The minimum absolute atomic E-state index is 0.0901. The van der Waals surface area contributed by atoms with Crippen molar-refractivity contribution in [1.82, 2.24) is 4.90 Å². The lowest BCUT2D eigenvalue weighted by Gasteiger charge is -2.22. The average Bonchev–Trinajstić information content (AvgIpc) is 2.68. The van der Waals surface area contributed by atoms with Crippen molar-refractivity contribution < 1.29 is 19.8 Å². The van der Waals surface area contributed by atoms with Crippen LogP contribution >= 0.6 is 0 Å². The molecule has 1 aliphatic carbocycles. The summed E-state index contributed by atoms with van der Waals surface area (Å²) in [5.74, 6) is -0.540. The molecule has 0 saturated carbocycles. The van der Waals surface area contributed by atoms with Gasteiger partial charge in [0, 0.05) is 50.3 Å². The van der Waals surface area contributed by atoms with Gasteiger partial charge in [0.15, 0.2) is 0 Å². The van der Waals surface area contributed by atoms with Gasteiger partial charge in [0.05, 0.1) is 18.0 Å². The van der Waals surface area contributed by atoms with E-state index in [0.29, 0.717) is 0 Å². The van der Waals surface area contributed by atoms with Crippen LogP contribution in [0.15, 0.2) is 47.8 Å². The molecule has 0 amide bonds. The van der Waals surface area contributed by atoms with Crippen LogP contribution in [0, 0.1) is 0 Å². The molecule has 0 fully saturated rings. The molecular formula is C21H29N3O4. The van der Waals surface area contributed by atoms with Gasteiger partial charge < -0.3 is 25.7 Å². The van der Waals surface area contributed by atoms with Crippen LogP contribution in [-0.2, 0) is 9.59 Å². The number of likely N-dealkylation sites (N-methyl/N-ethyl adjacent to an activating group) is 1. The Labute approximate surface area is 165 Å². The minimum Gasteiger partial charge on any atom is -0.396 e. The lowest BCUT2D eigenvalue weighted by Crippen LogP contribution is -2.30. The zero-order chi connectivity index (χ0) is 20.4. The van der Waals surface area contributed by atoms with Gasteiger partial charge in [-0.3, -0.25) is 9.59 Å². The summed E-state index contributed by atoms with van der Waals surface area (Å²) in [6.45, 7) is 1.32. The van der Waals surface area contributed by atoms with Gasteiger partial charge in [-0.1, -0.05) is 12.8 Å². The van der Waals surface area contributed by atoms with Crippen LogP contribution in [0.5, 0.6) is 0 Å². The quantitative estimate of drug-likeness (QED) is 0.321. The molecule has 1 aliphatic rings. The highest BCUT2D eigenvalue weighted by Crippen LogP contribution is 2.19. The van der Waals surface area contributed by atoms with E-state index in [1.165, 1.54) is 12.2 Å². The predicted octanol–water partition coefficient (Wildman–Crippen LogP) is 1.91. The van der Waals surface area contributed by atoms with Crippen LogP contribution in [-0.4, -0.2) is 60.0 Å². The van der Waals surface area contributed by atoms with Gasteiger partial charge in [-0.05, 0) is 37.1 Å². The summed E-state index contributed by atoms with van der Waals surface area (Å²) in [5.41, 5.74) is 2.22. The molecule has 4 N–H and O–H groups in total. The Balaban J connectivity index is 1.86. The Bertz CT molecular complexity index is 726. The van der Waals surface area contributed by atoms with Crippen LogP contribution < -0.4 is 10.6 Å². The molecule has 1 aromatic carbocycles. The molecule has 0 spiro atoms. The summed E-state index contributed by atoms with van der Waals surface area (Å²) in [5, 5.41) is 24.1. The fourth-order valence-corrected chi connectivity index (χ4v) is 2.87. The van der Waals surface area contributed by atoms with Crippen molar-refractivity contribution >= 4 is 22.9 Å². The van der Waals surface area contributed by atoms with Crippen LogP contribution in [0.3, 0.4) is 0 Å². The molecule has 1 aromatic rings. The molecule has 7 heteroatoms. The molecule has 0 bridgehead atoms. The highest BCUT2D eigenvalue weighted by atomic mass is 16.3. The number of ketones is 2. The monoisotopic (exact) mass is 387 g/mol. The number of nitrogens with one attached hydrogen (secondary N) is 2. The Morgan fingerprint density at radius 2 is 1.54 bits per heavy atom. The molecule has 0 atom stereocenters. The third kappa shape index (κ3) is 6.51. The third-order valence-corrected chi connectivity index (χ3v) is 4.49. The van der Waals surface area contributed by atoms with Crippen LogP contribution in [0.1, 0.15) is 25.7 Å². The van der Waals surface area contributed by atoms with Gasteiger partial charge in [-0.15, -0.1) is 0 Å². The lowest BCUT2D eigenvalue weighted by atomic mass is 10.1. The molecular weight excluding hydrogens is 358 g/mol. The van der Waals surface area contributed by atoms with E-state index in [4.69, 9.17) is 10.2 Å².